The zero-order valence-electron chi connectivity index (χ0n) is 21.2. The number of halogens is 1. The second-order valence-corrected chi connectivity index (χ2v) is 10.0. The molecule has 0 saturated carbocycles. The highest BCUT2D eigenvalue weighted by molar-refractivity contribution is 9.10. The number of piperidine rings is 1. The Morgan fingerprint density at radius 1 is 1.13 bits per heavy atom. The number of aromatic nitrogens is 2. The molecule has 0 radical (unpaired) electrons. The van der Waals surface area contributed by atoms with Crippen LogP contribution >= 0.6 is 15.9 Å². The van der Waals surface area contributed by atoms with Crippen LogP contribution < -0.4 is 9.47 Å². The largest absolute Gasteiger partial charge is 0.493 e. The van der Waals surface area contributed by atoms with Gasteiger partial charge in [0.1, 0.15) is 0 Å². The zero-order chi connectivity index (χ0) is 26.6. The van der Waals surface area contributed by atoms with Crippen molar-refractivity contribution in [1.29, 1.82) is 0 Å². The number of likely N-dealkylation sites (tertiary alicyclic amines) is 1. The second-order valence-electron chi connectivity index (χ2n) is 9.09. The smallest absolute Gasteiger partial charge is 0.295 e. The van der Waals surface area contributed by atoms with Crippen LogP contribution in [0.3, 0.4) is 0 Å². The highest BCUT2D eigenvalue weighted by Gasteiger charge is 2.27. The Labute approximate surface area is 228 Å². The number of nitrogens with zero attached hydrogens (tertiary/aromatic N) is 5. The molecule has 1 N–H and O–H groups in total. The fourth-order valence-electron chi connectivity index (χ4n) is 4.95. The van der Waals surface area contributed by atoms with E-state index in [-0.39, 0.29) is 17.6 Å². The van der Waals surface area contributed by atoms with Gasteiger partial charge in [-0.15, -0.1) is 10.2 Å². The second kappa shape index (κ2) is 11.3. The summed E-state index contributed by atoms with van der Waals surface area (Å²) in [4.78, 5) is 19.5. The molecule has 1 fully saturated rings. The maximum Gasteiger partial charge on any atom is 0.295 e. The minimum atomic E-state index is -0.561. The number of azo groups is 1. The minimum Gasteiger partial charge on any atom is -0.493 e. The van der Waals surface area contributed by atoms with E-state index in [0.29, 0.717) is 29.1 Å². The number of rotatable bonds is 7. The first-order valence-electron chi connectivity index (χ1n) is 12.3. The summed E-state index contributed by atoms with van der Waals surface area (Å²) in [5.41, 5.74) is 2.49. The molecule has 0 bridgehead atoms. The lowest BCUT2D eigenvalue weighted by Gasteiger charge is -2.36. The Balaban J connectivity index is 1.49. The lowest BCUT2D eigenvalue weighted by atomic mass is 9.97. The van der Waals surface area contributed by atoms with Crippen LogP contribution in [-0.2, 0) is 6.67 Å². The molecule has 1 saturated heterocycles. The van der Waals surface area contributed by atoms with Crippen LogP contribution in [0.4, 0.5) is 5.69 Å². The van der Waals surface area contributed by atoms with E-state index in [2.05, 4.69) is 42.1 Å². The van der Waals surface area contributed by atoms with Crippen molar-refractivity contribution in [2.24, 2.45) is 10.2 Å². The quantitative estimate of drug-likeness (QED) is 0.247. The highest BCUT2D eigenvalue weighted by atomic mass is 79.9. The van der Waals surface area contributed by atoms with Gasteiger partial charge in [0, 0.05) is 40.4 Å². The highest BCUT2D eigenvalue weighted by Crippen LogP contribution is 2.42. The van der Waals surface area contributed by atoms with Gasteiger partial charge in [0.15, 0.2) is 17.2 Å². The maximum absolute atomic E-state index is 12.9. The summed E-state index contributed by atoms with van der Waals surface area (Å²) in [7, 11) is 3.03. The Kier molecular flexibility index (Phi) is 7.71. The van der Waals surface area contributed by atoms with Crippen LogP contribution in [0.25, 0.3) is 10.9 Å². The lowest BCUT2D eigenvalue weighted by molar-refractivity contribution is 0.0994. The molecule has 1 aliphatic rings. The predicted molar refractivity (Wildman–Crippen MR) is 147 cm³/mol. The Bertz CT molecular complexity index is 1490. The molecule has 9 nitrogen and oxygen atoms in total. The molecule has 196 valence electrons. The summed E-state index contributed by atoms with van der Waals surface area (Å²) >= 11 is 3.51. The van der Waals surface area contributed by atoms with Crippen molar-refractivity contribution >= 4 is 38.4 Å². The third-order valence-corrected chi connectivity index (χ3v) is 7.34. The summed E-state index contributed by atoms with van der Waals surface area (Å²) in [6.07, 6.45) is 6.92. The fraction of sp³-hybridized carbons (Fsp3) is 0.286. The van der Waals surface area contributed by atoms with Gasteiger partial charge in [0.2, 0.25) is 5.88 Å². The van der Waals surface area contributed by atoms with Gasteiger partial charge in [-0.2, -0.15) is 0 Å². The molecule has 5 rings (SSSR count). The zero-order valence-corrected chi connectivity index (χ0v) is 22.8. The number of ether oxygens (including phenoxy) is 2. The van der Waals surface area contributed by atoms with Gasteiger partial charge in [-0.05, 0) is 60.9 Å². The van der Waals surface area contributed by atoms with Gasteiger partial charge < -0.3 is 14.6 Å². The van der Waals surface area contributed by atoms with Crippen molar-refractivity contribution in [2.45, 2.75) is 32.0 Å². The minimum absolute atomic E-state index is 0.0440. The number of benzene rings is 2. The molecule has 10 heteroatoms. The van der Waals surface area contributed by atoms with Crippen molar-refractivity contribution in [2.75, 3.05) is 20.8 Å². The summed E-state index contributed by atoms with van der Waals surface area (Å²) < 4.78 is 13.2. The number of hydrogen-bond acceptors (Lipinski definition) is 7. The maximum atomic E-state index is 12.9. The number of pyridine rings is 1. The van der Waals surface area contributed by atoms with E-state index in [1.54, 1.807) is 24.4 Å². The molecule has 2 aromatic heterocycles. The topological polar surface area (TPSA) is 102 Å². The lowest BCUT2D eigenvalue weighted by Crippen LogP contribution is -2.34. The molecule has 1 aliphatic heterocycles. The van der Waals surface area contributed by atoms with E-state index in [1.807, 2.05) is 35.0 Å². The molecule has 1 atom stereocenters. The number of carbonyl (C=O) groups excluding carboxylic acids is 1. The van der Waals surface area contributed by atoms with E-state index in [1.165, 1.54) is 14.2 Å². The van der Waals surface area contributed by atoms with Crippen LogP contribution in [0.1, 0.15) is 41.2 Å². The Hall–Kier alpha value is -3.76. The summed E-state index contributed by atoms with van der Waals surface area (Å²) in [5, 5.41) is 20.2. The summed E-state index contributed by atoms with van der Waals surface area (Å²) in [6, 6.07) is 14.7. The number of methoxy groups -OCH3 is 2. The Morgan fingerprint density at radius 2 is 1.97 bits per heavy atom. The fourth-order valence-corrected chi connectivity index (χ4v) is 5.31. The van der Waals surface area contributed by atoms with Crippen LogP contribution in [0.15, 0.2) is 75.6 Å². The molecule has 1 unspecified atom stereocenters. The SMILES string of the molecule is COc1ccc(C(=O)N=Nc2c(O)n(CN3CCCCC3c3cccnc3)c3ccc(Br)cc23)cc1OC. The van der Waals surface area contributed by atoms with Gasteiger partial charge >= 0.3 is 0 Å². The normalized spacial score (nSPS) is 16.2. The van der Waals surface area contributed by atoms with E-state index in [0.717, 1.165) is 41.4 Å². The third kappa shape index (κ3) is 5.14. The van der Waals surface area contributed by atoms with E-state index in [4.69, 9.17) is 9.47 Å². The average molecular weight is 578 g/mol. The van der Waals surface area contributed by atoms with E-state index >= 15 is 0 Å². The van der Waals surface area contributed by atoms with Gasteiger partial charge in [0.25, 0.3) is 5.91 Å². The first-order valence-corrected chi connectivity index (χ1v) is 13.1. The molecule has 0 spiro atoms. The number of hydrogen-bond donors (Lipinski definition) is 1. The van der Waals surface area contributed by atoms with Crippen molar-refractivity contribution < 1.29 is 19.4 Å². The standard InChI is InChI=1S/C28H28BrN5O4/c1-37-24-11-8-18(14-25(24)38-2)27(35)32-31-26-21-15-20(29)9-10-23(21)34(28(26)36)17-33-13-4-3-7-22(33)19-6-5-12-30-16-19/h5-6,8-12,14-16,22,36H,3-4,7,13,17H2,1-2H3. The summed E-state index contributed by atoms with van der Waals surface area (Å²) in [6.45, 7) is 1.35. The molecule has 38 heavy (non-hydrogen) atoms. The molecule has 2 aromatic carbocycles. The third-order valence-electron chi connectivity index (χ3n) is 6.85. The Morgan fingerprint density at radius 3 is 2.74 bits per heavy atom. The molecular formula is C28H28BrN5O4. The monoisotopic (exact) mass is 577 g/mol. The van der Waals surface area contributed by atoms with Crippen LogP contribution in [-0.4, -0.2) is 46.2 Å². The van der Waals surface area contributed by atoms with Crippen molar-refractivity contribution in [1.82, 2.24) is 14.5 Å². The number of amides is 1. The van der Waals surface area contributed by atoms with Crippen LogP contribution in [0.5, 0.6) is 17.4 Å². The molecular weight excluding hydrogens is 550 g/mol. The van der Waals surface area contributed by atoms with Crippen molar-refractivity contribution in [3.05, 3.63) is 76.5 Å². The van der Waals surface area contributed by atoms with E-state index in [9.17, 15) is 9.90 Å². The van der Waals surface area contributed by atoms with E-state index < -0.39 is 5.91 Å². The van der Waals surface area contributed by atoms with Gasteiger partial charge in [-0.1, -0.05) is 28.4 Å². The van der Waals surface area contributed by atoms with Gasteiger partial charge in [-0.3, -0.25) is 19.2 Å². The van der Waals surface area contributed by atoms with Gasteiger partial charge in [0.05, 0.1) is 26.4 Å². The molecule has 1 amide bonds. The van der Waals surface area contributed by atoms with Crippen molar-refractivity contribution in [3.8, 4) is 17.4 Å². The van der Waals surface area contributed by atoms with Crippen molar-refractivity contribution in [3.63, 3.8) is 0 Å². The van der Waals surface area contributed by atoms with Crippen LogP contribution in [0.2, 0.25) is 0 Å². The first kappa shape index (κ1) is 25.9. The number of aromatic hydroxyl groups is 1. The first-order chi connectivity index (χ1) is 18.5. The average Bonchev–Trinajstić information content (AvgIpc) is 3.21. The molecule has 0 aliphatic carbocycles. The summed E-state index contributed by atoms with van der Waals surface area (Å²) in [5.74, 6) is 0.321. The number of carbonyl (C=O) groups is 1. The van der Waals surface area contributed by atoms with Gasteiger partial charge in [-0.25, -0.2) is 0 Å². The number of fused-ring (bicyclic) bond motifs is 1. The predicted octanol–water partition coefficient (Wildman–Crippen LogP) is 6.63. The molecule has 4 aromatic rings. The molecule has 3 heterocycles. The van der Waals surface area contributed by atoms with Crippen LogP contribution in [0, 0.1) is 0 Å².